The van der Waals surface area contributed by atoms with Crippen LogP contribution in [0.1, 0.15) is 30.4 Å². The van der Waals surface area contributed by atoms with E-state index in [0.717, 1.165) is 30.4 Å². The number of hydrogen-bond acceptors (Lipinski definition) is 1. The van der Waals surface area contributed by atoms with Crippen LogP contribution < -0.4 is 5.32 Å². The third-order valence-electron chi connectivity index (χ3n) is 4.07. The van der Waals surface area contributed by atoms with Gasteiger partial charge in [0.05, 0.1) is 0 Å². The van der Waals surface area contributed by atoms with Crippen LogP contribution in [-0.2, 0) is 6.42 Å². The SMILES string of the molecule is CNCC1CCCC1Cc1ccc(F)cc1C. The minimum Gasteiger partial charge on any atom is -0.319 e. The number of hydrogen-bond donors (Lipinski definition) is 1. The zero-order chi connectivity index (χ0) is 12.3. The van der Waals surface area contributed by atoms with Gasteiger partial charge in [-0.15, -0.1) is 0 Å². The van der Waals surface area contributed by atoms with Gasteiger partial charge in [-0.3, -0.25) is 0 Å². The highest BCUT2D eigenvalue weighted by molar-refractivity contribution is 5.27. The highest BCUT2D eigenvalue weighted by Gasteiger charge is 2.26. The van der Waals surface area contributed by atoms with Crippen LogP contribution in [-0.4, -0.2) is 13.6 Å². The Morgan fingerprint density at radius 3 is 2.76 bits per heavy atom. The summed E-state index contributed by atoms with van der Waals surface area (Å²) in [7, 11) is 2.03. The maximum atomic E-state index is 13.0. The minimum atomic E-state index is -0.121. The lowest BCUT2D eigenvalue weighted by molar-refractivity contribution is 0.374. The summed E-state index contributed by atoms with van der Waals surface area (Å²) in [4.78, 5) is 0. The molecule has 1 saturated carbocycles. The Bertz CT molecular complexity index is 375. The van der Waals surface area contributed by atoms with Gasteiger partial charge in [-0.2, -0.15) is 0 Å². The first-order valence-electron chi connectivity index (χ1n) is 6.60. The normalized spacial score (nSPS) is 24.2. The van der Waals surface area contributed by atoms with E-state index in [2.05, 4.69) is 5.32 Å². The second kappa shape index (κ2) is 5.63. The van der Waals surface area contributed by atoms with Crippen molar-refractivity contribution in [2.75, 3.05) is 13.6 Å². The smallest absolute Gasteiger partial charge is 0.123 e. The maximum absolute atomic E-state index is 13.0. The van der Waals surface area contributed by atoms with Crippen molar-refractivity contribution < 1.29 is 4.39 Å². The highest BCUT2D eigenvalue weighted by Crippen LogP contribution is 2.34. The van der Waals surface area contributed by atoms with Crippen molar-refractivity contribution in [3.8, 4) is 0 Å². The molecular formula is C15H22FN. The Morgan fingerprint density at radius 1 is 1.29 bits per heavy atom. The molecule has 0 spiro atoms. The number of nitrogens with one attached hydrogen (secondary N) is 1. The molecule has 0 heterocycles. The Labute approximate surface area is 103 Å². The molecule has 1 aromatic rings. The number of rotatable bonds is 4. The van der Waals surface area contributed by atoms with Crippen molar-refractivity contribution in [1.29, 1.82) is 0 Å². The first-order chi connectivity index (χ1) is 8.20. The molecule has 94 valence electrons. The van der Waals surface area contributed by atoms with Crippen LogP contribution >= 0.6 is 0 Å². The lowest BCUT2D eigenvalue weighted by Gasteiger charge is -2.20. The van der Waals surface area contributed by atoms with E-state index >= 15 is 0 Å². The van der Waals surface area contributed by atoms with Gasteiger partial charge in [0.2, 0.25) is 0 Å². The van der Waals surface area contributed by atoms with Crippen LogP contribution in [0.25, 0.3) is 0 Å². The second-order valence-electron chi connectivity index (χ2n) is 5.28. The summed E-state index contributed by atoms with van der Waals surface area (Å²) in [6, 6.07) is 5.20. The van der Waals surface area contributed by atoms with Crippen LogP contribution in [0, 0.1) is 24.6 Å². The van der Waals surface area contributed by atoms with E-state index in [0.29, 0.717) is 0 Å². The molecule has 0 aromatic heterocycles. The molecule has 0 radical (unpaired) electrons. The molecule has 0 amide bonds. The summed E-state index contributed by atoms with van der Waals surface area (Å²) in [5.74, 6) is 1.44. The van der Waals surface area contributed by atoms with Crippen molar-refractivity contribution >= 4 is 0 Å². The Kier molecular flexibility index (Phi) is 4.16. The third kappa shape index (κ3) is 3.06. The van der Waals surface area contributed by atoms with Gasteiger partial charge in [0, 0.05) is 0 Å². The van der Waals surface area contributed by atoms with E-state index in [9.17, 15) is 4.39 Å². The van der Waals surface area contributed by atoms with Crippen LogP contribution in [0.3, 0.4) is 0 Å². The molecular weight excluding hydrogens is 213 g/mol. The third-order valence-corrected chi connectivity index (χ3v) is 4.07. The first kappa shape index (κ1) is 12.6. The van der Waals surface area contributed by atoms with E-state index in [1.165, 1.54) is 24.8 Å². The molecule has 0 bridgehead atoms. The first-order valence-corrected chi connectivity index (χ1v) is 6.60. The summed E-state index contributed by atoms with van der Waals surface area (Å²) < 4.78 is 13.0. The van der Waals surface area contributed by atoms with Crippen LogP contribution in [0.4, 0.5) is 4.39 Å². The van der Waals surface area contributed by atoms with E-state index < -0.39 is 0 Å². The standard InChI is InChI=1S/C15H22FN/c1-11-8-15(16)7-6-12(11)9-13-4-3-5-14(13)10-17-2/h6-8,13-14,17H,3-5,9-10H2,1-2H3. The number of halogens is 1. The molecule has 0 saturated heterocycles. The molecule has 2 rings (SSSR count). The maximum Gasteiger partial charge on any atom is 0.123 e. The molecule has 1 N–H and O–H groups in total. The molecule has 1 aliphatic carbocycles. The monoisotopic (exact) mass is 235 g/mol. The fourth-order valence-electron chi connectivity index (χ4n) is 3.08. The van der Waals surface area contributed by atoms with Crippen molar-refractivity contribution in [2.45, 2.75) is 32.6 Å². The summed E-state index contributed by atoms with van der Waals surface area (Å²) >= 11 is 0. The summed E-state index contributed by atoms with van der Waals surface area (Å²) in [5.41, 5.74) is 2.42. The van der Waals surface area contributed by atoms with Gasteiger partial charge >= 0.3 is 0 Å². The average Bonchev–Trinajstić information content (AvgIpc) is 2.71. The highest BCUT2D eigenvalue weighted by atomic mass is 19.1. The Balaban J connectivity index is 2.04. The second-order valence-corrected chi connectivity index (χ2v) is 5.28. The molecule has 2 heteroatoms. The minimum absolute atomic E-state index is 0.121. The lowest BCUT2D eigenvalue weighted by Crippen LogP contribution is -2.23. The van der Waals surface area contributed by atoms with Crippen molar-refractivity contribution in [3.63, 3.8) is 0 Å². The van der Waals surface area contributed by atoms with Gasteiger partial charge in [-0.1, -0.05) is 12.5 Å². The van der Waals surface area contributed by atoms with Gasteiger partial charge < -0.3 is 5.32 Å². The van der Waals surface area contributed by atoms with E-state index in [-0.39, 0.29) is 5.82 Å². The fourth-order valence-corrected chi connectivity index (χ4v) is 3.08. The van der Waals surface area contributed by atoms with Crippen LogP contribution in [0.2, 0.25) is 0 Å². The molecule has 1 aromatic carbocycles. The fraction of sp³-hybridized carbons (Fsp3) is 0.600. The van der Waals surface area contributed by atoms with Gasteiger partial charge in [0.1, 0.15) is 5.82 Å². The van der Waals surface area contributed by atoms with Gasteiger partial charge in [0.25, 0.3) is 0 Å². The number of aryl methyl sites for hydroxylation is 1. The van der Waals surface area contributed by atoms with Crippen molar-refractivity contribution in [2.24, 2.45) is 11.8 Å². The zero-order valence-corrected chi connectivity index (χ0v) is 10.8. The Morgan fingerprint density at radius 2 is 2.06 bits per heavy atom. The van der Waals surface area contributed by atoms with Gasteiger partial charge in [0.15, 0.2) is 0 Å². The van der Waals surface area contributed by atoms with E-state index in [1.54, 1.807) is 12.1 Å². The summed E-state index contributed by atoms with van der Waals surface area (Å²) in [5, 5.41) is 3.29. The molecule has 17 heavy (non-hydrogen) atoms. The van der Waals surface area contributed by atoms with Crippen LogP contribution in [0.15, 0.2) is 18.2 Å². The number of benzene rings is 1. The molecule has 2 atom stereocenters. The van der Waals surface area contributed by atoms with E-state index in [1.807, 2.05) is 20.0 Å². The molecule has 0 aliphatic heterocycles. The molecule has 1 nitrogen and oxygen atoms in total. The molecule has 2 unspecified atom stereocenters. The topological polar surface area (TPSA) is 12.0 Å². The van der Waals surface area contributed by atoms with Gasteiger partial charge in [-0.25, -0.2) is 4.39 Å². The van der Waals surface area contributed by atoms with E-state index in [4.69, 9.17) is 0 Å². The Hall–Kier alpha value is -0.890. The summed E-state index contributed by atoms with van der Waals surface area (Å²) in [6.45, 7) is 3.13. The van der Waals surface area contributed by atoms with Gasteiger partial charge in [-0.05, 0) is 74.9 Å². The molecule has 1 aliphatic rings. The average molecular weight is 235 g/mol. The predicted octanol–water partition coefficient (Wildman–Crippen LogP) is 3.31. The molecule has 1 fully saturated rings. The quantitative estimate of drug-likeness (QED) is 0.844. The van der Waals surface area contributed by atoms with Crippen molar-refractivity contribution in [1.82, 2.24) is 5.32 Å². The predicted molar refractivity (Wildman–Crippen MR) is 69.6 cm³/mol. The zero-order valence-electron chi connectivity index (χ0n) is 10.8. The lowest BCUT2D eigenvalue weighted by atomic mass is 9.88. The summed E-state index contributed by atoms with van der Waals surface area (Å²) in [6.07, 6.45) is 5.12. The van der Waals surface area contributed by atoms with Crippen LogP contribution in [0.5, 0.6) is 0 Å². The van der Waals surface area contributed by atoms with Crippen molar-refractivity contribution in [3.05, 3.63) is 35.1 Å². The largest absolute Gasteiger partial charge is 0.319 e.